The molecule has 30 heavy (non-hydrogen) atoms. The van der Waals surface area contributed by atoms with E-state index in [4.69, 9.17) is 9.47 Å². The summed E-state index contributed by atoms with van der Waals surface area (Å²) in [4.78, 5) is 14.3. The average Bonchev–Trinajstić information content (AvgIpc) is 2.78. The van der Waals surface area contributed by atoms with Crippen LogP contribution in [0, 0.1) is 11.7 Å². The zero-order chi connectivity index (χ0) is 21.9. The fourth-order valence-electron chi connectivity index (χ4n) is 3.55. The summed E-state index contributed by atoms with van der Waals surface area (Å²) in [6.45, 7) is 0.342. The number of hydrogen-bond acceptors (Lipinski definition) is 5. The van der Waals surface area contributed by atoms with Gasteiger partial charge in [0.15, 0.2) is 0 Å². The number of halogens is 1. The van der Waals surface area contributed by atoms with E-state index < -0.39 is 15.8 Å². The number of carbonyl (C=O) groups is 1. The predicted octanol–water partition coefficient (Wildman–Crippen LogP) is 2.91. The predicted molar refractivity (Wildman–Crippen MR) is 111 cm³/mol. The van der Waals surface area contributed by atoms with E-state index >= 15 is 0 Å². The Bertz CT molecular complexity index is 1020. The fourth-order valence-corrected chi connectivity index (χ4v) is 5.19. The topological polar surface area (TPSA) is 76.2 Å². The van der Waals surface area contributed by atoms with Crippen molar-refractivity contribution in [3.63, 3.8) is 0 Å². The molecule has 1 aliphatic heterocycles. The number of methoxy groups -OCH3 is 2. The molecule has 1 saturated heterocycles. The van der Waals surface area contributed by atoms with E-state index in [2.05, 4.69) is 0 Å². The molecule has 1 aliphatic rings. The molecule has 162 valence electrons. The molecule has 0 radical (unpaired) electrons. The van der Waals surface area contributed by atoms with Gasteiger partial charge < -0.3 is 14.4 Å². The van der Waals surface area contributed by atoms with Crippen molar-refractivity contribution in [1.82, 2.24) is 4.31 Å². The third kappa shape index (κ3) is 4.41. The van der Waals surface area contributed by atoms with Crippen LogP contribution in [0.4, 0.5) is 10.1 Å². The number of amides is 1. The van der Waals surface area contributed by atoms with Gasteiger partial charge in [0.05, 0.1) is 14.2 Å². The van der Waals surface area contributed by atoms with Crippen LogP contribution in [0.1, 0.15) is 12.8 Å². The van der Waals surface area contributed by atoms with E-state index in [1.165, 1.54) is 17.5 Å². The Kier molecular flexibility index (Phi) is 6.62. The third-order valence-corrected chi connectivity index (χ3v) is 7.24. The normalized spacial score (nSPS) is 15.6. The van der Waals surface area contributed by atoms with E-state index in [0.29, 0.717) is 24.3 Å². The highest BCUT2D eigenvalue weighted by Gasteiger charge is 2.35. The number of rotatable bonds is 6. The molecule has 1 amide bonds. The van der Waals surface area contributed by atoms with Gasteiger partial charge in [0.1, 0.15) is 22.2 Å². The van der Waals surface area contributed by atoms with Gasteiger partial charge in [-0.1, -0.05) is 6.07 Å². The van der Waals surface area contributed by atoms with E-state index in [1.807, 2.05) is 6.07 Å². The van der Waals surface area contributed by atoms with Crippen LogP contribution in [0.2, 0.25) is 0 Å². The molecule has 3 rings (SSSR count). The molecular formula is C21H25FN2O5S. The number of nitrogens with zero attached hydrogens (tertiary/aromatic N) is 2. The van der Waals surface area contributed by atoms with Crippen molar-refractivity contribution < 1.29 is 27.1 Å². The van der Waals surface area contributed by atoms with Gasteiger partial charge in [-0.05, 0) is 43.2 Å². The Hall–Kier alpha value is -2.65. The monoisotopic (exact) mass is 436 g/mol. The maximum Gasteiger partial charge on any atom is 0.246 e. The minimum Gasteiger partial charge on any atom is -0.497 e. The molecule has 0 spiro atoms. The van der Waals surface area contributed by atoms with Crippen LogP contribution in [-0.2, 0) is 14.8 Å². The van der Waals surface area contributed by atoms with Crippen molar-refractivity contribution >= 4 is 21.6 Å². The van der Waals surface area contributed by atoms with Crippen LogP contribution < -0.4 is 14.4 Å². The molecule has 0 saturated carbocycles. The lowest BCUT2D eigenvalue weighted by Gasteiger charge is -2.32. The van der Waals surface area contributed by atoms with Gasteiger partial charge in [-0.2, -0.15) is 4.31 Å². The Morgan fingerprint density at radius 3 is 2.43 bits per heavy atom. The number of carbonyl (C=O) groups excluding carboxylic acids is 1. The van der Waals surface area contributed by atoms with Crippen molar-refractivity contribution in [3.8, 4) is 11.5 Å². The summed E-state index contributed by atoms with van der Waals surface area (Å²) in [5.41, 5.74) is 0.707. The van der Waals surface area contributed by atoms with Crippen LogP contribution in [0.5, 0.6) is 11.5 Å². The van der Waals surface area contributed by atoms with Gasteiger partial charge in [-0.3, -0.25) is 4.79 Å². The summed E-state index contributed by atoms with van der Waals surface area (Å²) >= 11 is 0. The number of anilines is 1. The standard InChI is InChI=1S/C21H25FN2O5S/c1-23(17-5-4-6-18(14-17)28-2)21(25)15-9-11-24(12-10-15)30(26,27)20-13-16(22)7-8-19(20)29-3/h4-8,13-15H,9-12H2,1-3H3. The van der Waals surface area contributed by atoms with E-state index in [9.17, 15) is 17.6 Å². The van der Waals surface area contributed by atoms with E-state index in [0.717, 1.165) is 12.1 Å². The molecule has 0 unspecified atom stereocenters. The Labute approximate surface area is 176 Å². The summed E-state index contributed by atoms with van der Waals surface area (Å²) in [5.74, 6) is -0.297. The van der Waals surface area contributed by atoms with Crippen LogP contribution >= 0.6 is 0 Å². The Morgan fingerprint density at radius 2 is 1.80 bits per heavy atom. The van der Waals surface area contributed by atoms with Crippen molar-refractivity contribution in [2.75, 3.05) is 39.3 Å². The maximum atomic E-state index is 13.7. The first-order valence-corrected chi connectivity index (χ1v) is 11.0. The average molecular weight is 437 g/mol. The van der Waals surface area contributed by atoms with Gasteiger partial charge in [0, 0.05) is 37.8 Å². The van der Waals surface area contributed by atoms with Crippen molar-refractivity contribution in [2.24, 2.45) is 5.92 Å². The maximum absolute atomic E-state index is 13.7. The lowest BCUT2D eigenvalue weighted by atomic mass is 9.96. The SMILES string of the molecule is COc1cccc(N(C)C(=O)C2CCN(S(=O)(=O)c3cc(F)ccc3OC)CC2)c1. The highest BCUT2D eigenvalue weighted by Crippen LogP contribution is 2.31. The van der Waals surface area contributed by atoms with Crippen LogP contribution in [-0.4, -0.2) is 53.0 Å². The van der Waals surface area contributed by atoms with E-state index in [-0.39, 0.29) is 35.6 Å². The molecule has 1 fully saturated rings. The molecule has 0 bridgehead atoms. The molecular weight excluding hydrogens is 411 g/mol. The number of benzene rings is 2. The van der Waals surface area contributed by atoms with Crippen LogP contribution in [0.25, 0.3) is 0 Å². The molecule has 2 aromatic carbocycles. The van der Waals surface area contributed by atoms with Gasteiger partial charge in [0.2, 0.25) is 15.9 Å². The largest absolute Gasteiger partial charge is 0.497 e. The first kappa shape index (κ1) is 22.0. The zero-order valence-corrected chi connectivity index (χ0v) is 18.0. The van der Waals surface area contributed by atoms with E-state index in [1.54, 1.807) is 37.3 Å². The molecule has 0 aromatic heterocycles. The van der Waals surface area contributed by atoms with Gasteiger partial charge in [-0.25, -0.2) is 12.8 Å². The minimum atomic E-state index is -3.93. The zero-order valence-electron chi connectivity index (χ0n) is 17.2. The van der Waals surface area contributed by atoms with Crippen molar-refractivity contribution in [2.45, 2.75) is 17.7 Å². The lowest BCUT2D eigenvalue weighted by Crippen LogP contribution is -2.43. The second-order valence-electron chi connectivity index (χ2n) is 7.07. The Balaban J connectivity index is 1.71. The first-order valence-electron chi connectivity index (χ1n) is 9.53. The molecule has 0 atom stereocenters. The van der Waals surface area contributed by atoms with Gasteiger partial charge >= 0.3 is 0 Å². The number of ether oxygens (including phenoxy) is 2. The number of hydrogen-bond donors (Lipinski definition) is 0. The minimum absolute atomic E-state index is 0.0800. The van der Waals surface area contributed by atoms with Crippen LogP contribution in [0.3, 0.4) is 0 Å². The molecule has 7 nitrogen and oxygen atoms in total. The molecule has 0 aliphatic carbocycles. The summed E-state index contributed by atoms with van der Waals surface area (Å²) in [5, 5.41) is 0. The number of sulfonamides is 1. The molecule has 1 heterocycles. The highest BCUT2D eigenvalue weighted by atomic mass is 32.2. The lowest BCUT2D eigenvalue weighted by molar-refractivity contribution is -0.123. The van der Waals surface area contributed by atoms with Gasteiger partial charge in [-0.15, -0.1) is 0 Å². The summed E-state index contributed by atoms with van der Waals surface area (Å²) in [6, 6.07) is 10.6. The molecule has 2 aromatic rings. The fraction of sp³-hybridized carbons (Fsp3) is 0.381. The molecule has 9 heteroatoms. The van der Waals surface area contributed by atoms with Gasteiger partial charge in [0.25, 0.3) is 0 Å². The quantitative estimate of drug-likeness (QED) is 0.696. The summed E-state index contributed by atoms with van der Waals surface area (Å²) < 4.78 is 51.2. The molecule has 0 N–H and O–H groups in total. The second-order valence-corrected chi connectivity index (χ2v) is 8.98. The van der Waals surface area contributed by atoms with Crippen molar-refractivity contribution in [3.05, 3.63) is 48.3 Å². The smallest absolute Gasteiger partial charge is 0.246 e. The highest BCUT2D eigenvalue weighted by molar-refractivity contribution is 7.89. The summed E-state index contributed by atoms with van der Waals surface area (Å²) in [7, 11) is 0.660. The second kappa shape index (κ2) is 9.01. The van der Waals surface area contributed by atoms with Crippen LogP contribution in [0.15, 0.2) is 47.4 Å². The summed E-state index contributed by atoms with van der Waals surface area (Å²) in [6.07, 6.45) is 0.758. The third-order valence-electron chi connectivity index (χ3n) is 5.32. The number of piperidine rings is 1. The first-order chi connectivity index (χ1) is 14.3. The Morgan fingerprint density at radius 1 is 1.10 bits per heavy atom. The van der Waals surface area contributed by atoms with Crippen molar-refractivity contribution in [1.29, 1.82) is 0 Å².